The summed E-state index contributed by atoms with van der Waals surface area (Å²) in [4.78, 5) is 14.2. The van der Waals surface area contributed by atoms with E-state index < -0.39 is 0 Å². The van der Waals surface area contributed by atoms with Crippen LogP contribution in [-0.4, -0.2) is 21.2 Å². The Morgan fingerprint density at radius 2 is 1.90 bits per heavy atom. The molecule has 0 bridgehead atoms. The third kappa shape index (κ3) is 1.81. The molecule has 0 unspecified atom stereocenters. The van der Waals surface area contributed by atoms with Crippen molar-refractivity contribution in [3.05, 3.63) is 46.6 Å². The van der Waals surface area contributed by atoms with E-state index in [1.807, 2.05) is 44.4 Å². The van der Waals surface area contributed by atoms with Crippen molar-refractivity contribution in [2.75, 3.05) is 26.1 Å². The molecule has 0 spiro atoms. The highest BCUT2D eigenvalue weighted by molar-refractivity contribution is 6.08. The first-order chi connectivity index (χ1) is 9.61. The van der Waals surface area contributed by atoms with E-state index >= 15 is 0 Å². The lowest BCUT2D eigenvalue weighted by molar-refractivity contribution is 0.410. The van der Waals surface area contributed by atoms with Crippen molar-refractivity contribution in [2.24, 2.45) is 0 Å². The number of fused-ring (bicyclic) bond motifs is 3. The van der Waals surface area contributed by atoms with Crippen LogP contribution in [0, 0.1) is 0 Å². The Labute approximate surface area is 116 Å². The summed E-state index contributed by atoms with van der Waals surface area (Å²) in [6.07, 6.45) is 0. The number of ether oxygens (including phenoxy) is 1. The van der Waals surface area contributed by atoms with Crippen molar-refractivity contribution < 1.29 is 9.15 Å². The fourth-order valence-electron chi connectivity index (χ4n) is 2.34. The molecule has 4 heteroatoms. The molecule has 4 nitrogen and oxygen atoms in total. The number of benzene rings is 2. The first-order valence-corrected chi connectivity index (χ1v) is 6.32. The second-order valence-electron chi connectivity index (χ2n) is 4.85. The van der Waals surface area contributed by atoms with Gasteiger partial charge in [-0.05, 0) is 16.8 Å². The van der Waals surface area contributed by atoms with Gasteiger partial charge >= 0.3 is 0 Å². The van der Waals surface area contributed by atoms with Gasteiger partial charge in [-0.3, -0.25) is 4.79 Å². The maximum Gasteiger partial charge on any atom is 0.199 e. The standard InChI is InChI=1S/C16H15NO3/c1-17(2)14-9-12(18)15-11-7-5-4-6-10(11)8-13(19-3)16(15)20-14/h4-9H,1-3H3. The summed E-state index contributed by atoms with van der Waals surface area (Å²) < 4.78 is 11.2. The Balaban J connectivity index is 2.55. The first-order valence-electron chi connectivity index (χ1n) is 6.32. The number of hydrogen-bond donors (Lipinski definition) is 0. The third-order valence-corrected chi connectivity index (χ3v) is 3.34. The molecule has 0 N–H and O–H groups in total. The molecule has 0 atom stereocenters. The molecule has 102 valence electrons. The van der Waals surface area contributed by atoms with Crippen LogP contribution in [0.25, 0.3) is 21.7 Å². The van der Waals surface area contributed by atoms with E-state index in [2.05, 4.69) is 0 Å². The van der Waals surface area contributed by atoms with Crippen molar-refractivity contribution >= 4 is 27.6 Å². The van der Waals surface area contributed by atoms with Crippen LogP contribution in [0.5, 0.6) is 5.75 Å². The van der Waals surface area contributed by atoms with Crippen LogP contribution < -0.4 is 15.1 Å². The molecule has 2 aromatic carbocycles. The Morgan fingerprint density at radius 1 is 1.15 bits per heavy atom. The summed E-state index contributed by atoms with van der Waals surface area (Å²) in [6.45, 7) is 0. The molecular formula is C16H15NO3. The zero-order valence-electron chi connectivity index (χ0n) is 11.6. The largest absolute Gasteiger partial charge is 0.493 e. The molecule has 0 amide bonds. The molecule has 20 heavy (non-hydrogen) atoms. The van der Waals surface area contributed by atoms with Crippen molar-refractivity contribution in [3.8, 4) is 5.75 Å². The smallest absolute Gasteiger partial charge is 0.199 e. The van der Waals surface area contributed by atoms with E-state index in [1.54, 1.807) is 12.0 Å². The molecule has 1 aromatic heterocycles. The van der Waals surface area contributed by atoms with Gasteiger partial charge in [0.1, 0.15) is 0 Å². The second kappa shape index (κ2) is 4.56. The Morgan fingerprint density at radius 3 is 2.60 bits per heavy atom. The molecule has 3 aromatic rings. The van der Waals surface area contributed by atoms with Crippen LogP contribution in [0.3, 0.4) is 0 Å². The number of nitrogens with zero attached hydrogens (tertiary/aromatic N) is 1. The van der Waals surface area contributed by atoms with E-state index in [1.165, 1.54) is 6.07 Å². The summed E-state index contributed by atoms with van der Waals surface area (Å²) in [6, 6.07) is 11.1. The molecule has 0 saturated heterocycles. The van der Waals surface area contributed by atoms with Crippen molar-refractivity contribution in [1.29, 1.82) is 0 Å². The molecule has 0 radical (unpaired) electrons. The van der Waals surface area contributed by atoms with Gasteiger partial charge in [0.05, 0.1) is 12.5 Å². The van der Waals surface area contributed by atoms with Gasteiger partial charge in [0.15, 0.2) is 22.6 Å². The molecule has 0 aliphatic carbocycles. The van der Waals surface area contributed by atoms with Crippen molar-refractivity contribution in [1.82, 2.24) is 0 Å². The number of anilines is 1. The molecule has 0 saturated carbocycles. The number of rotatable bonds is 2. The average Bonchev–Trinajstić information content (AvgIpc) is 2.45. The molecular weight excluding hydrogens is 254 g/mol. The van der Waals surface area contributed by atoms with Gasteiger partial charge in [0, 0.05) is 20.2 Å². The van der Waals surface area contributed by atoms with E-state index in [4.69, 9.17) is 9.15 Å². The number of methoxy groups -OCH3 is 1. The second-order valence-corrected chi connectivity index (χ2v) is 4.85. The Hall–Kier alpha value is -2.49. The van der Waals surface area contributed by atoms with Gasteiger partial charge in [-0.2, -0.15) is 0 Å². The van der Waals surface area contributed by atoms with E-state index in [-0.39, 0.29) is 5.43 Å². The maximum atomic E-state index is 12.4. The predicted octanol–water partition coefficient (Wildman–Crippen LogP) is 3.02. The highest BCUT2D eigenvalue weighted by atomic mass is 16.5. The summed E-state index contributed by atoms with van der Waals surface area (Å²) in [5, 5.41) is 2.40. The summed E-state index contributed by atoms with van der Waals surface area (Å²) >= 11 is 0. The zero-order valence-corrected chi connectivity index (χ0v) is 11.6. The van der Waals surface area contributed by atoms with Crippen LogP contribution in [0.2, 0.25) is 0 Å². The third-order valence-electron chi connectivity index (χ3n) is 3.34. The van der Waals surface area contributed by atoms with Crippen LogP contribution >= 0.6 is 0 Å². The molecule has 0 aliphatic heterocycles. The number of hydrogen-bond acceptors (Lipinski definition) is 4. The quantitative estimate of drug-likeness (QED) is 0.671. The van der Waals surface area contributed by atoms with Gasteiger partial charge in [0.25, 0.3) is 0 Å². The Kier molecular flexibility index (Phi) is 2.86. The van der Waals surface area contributed by atoms with E-state index in [9.17, 15) is 4.79 Å². The summed E-state index contributed by atoms with van der Waals surface area (Å²) in [7, 11) is 5.24. The van der Waals surface area contributed by atoms with Crippen LogP contribution in [0.4, 0.5) is 5.88 Å². The summed E-state index contributed by atoms with van der Waals surface area (Å²) in [5.41, 5.74) is 0.424. The topological polar surface area (TPSA) is 42.7 Å². The minimum atomic E-state index is -0.0648. The zero-order chi connectivity index (χ0) is 14.3. The maximum absolute atomic E-state index is 12.4. The molecule has 1 heterocycles. The highest BCUT2D eigenvalue weighted by Gasteiger charge is 2.14. The van der Waals surface area contributed by atoms with Gasteiger partial charge in [-0.25, -0.2) is 0 Å². The minimum absolute atomic E-state index is 0.0648. The average molecular weight is 269 g/mol. The lowest BCUT2D eigenvalue weighted by Crippen LogP contribution is -2.12. The van der Waals surface area contributed by atoms with Crippen molar-refractivity contribution in [3.63, 3.8) is 0 Å². The monoisotopic (exact) mass is 269 g/mol. The molecule has 0 fully saturated rings. The van der Waals surface area contributed by atoms with Gasteiger partial charge in [-0.15, -0.1) is 0 Å². The van der Waals surface area contributed by atoms with Crippen LogP contribution in [0.15, 0.2) is 45.6 Å². The lowest BCUT2D eigenvalue weighted by Gasteiger charge is -2.13. The summed E-state index contributed by atoms with van der Waals surface area (Å²) in [5.74, 6) is 1.08. The predicted molar refractivity (Wildman–Crippen MR) is 80.9 cm³/mol. The van der Waals surface area contributed by atoms with Gasteiger partial charge < -0.3 is 14.1 Å². The Bertz CT molecular complexity index is 849. The van der Waals surface area contributed by atoms with E-state index in [0.29, 0.717) is 22.6 Å². The fourth-order valence-corrected chi connectivity index (χ4v) is 2.34. The lowest BCUT2D eigenvalue weighted by atomic mass is 10.0. The van der Waals surface area contributed by atoms with Crippen LogP contribution in [0.1, 0.15) is 0 Å². The first kappa shape index (κ1) is 12.5. The van der Waals surface area contributed by atoms with Crippen LogP contribution in [-0.2, 0) is 0 Å². The van der Waals surface area contributed by atoms with Gasteiger partial charge in [-0.1, -0.05) is 24.3 Å². The molecule has 3 rings (SSSR count). The molecule has 0 aliphatic rings. The van der Waals surface area contributed by atoms with E-state index in [0.717, 1.165) is 10.8 Å². The SMILES string of the molecule is COc1cc2ccccc2c2c(=O)cc(N(C)C)oc12. The fraction of sp³-hybridized carbons (Fsp3) is 0.188. The van der Waals surface area contributed by atoms with Crippen molar-refractivity contribution in [2.45, 2.75) is 0 Å². The van der Waals surface area contributed by atoms with Gasteiger partial charge in [0.2, 0.25) is 0 Å². The normalized spacial score (nSPS) is 10.9. The minimum Gasteiger partial charge on any atom is -0.493 e. The highest BCUT2D eigenvalue weighted by Crippen LogP contribution is 2.33.